The Labute approximate surface area is 131 Å². The minimum atomic E-state index is -0.365. The van der Waals surface area contributed by atoms with Crippen molar-refractivity contribution in [2.24, 2.45) is 5.73 Å². The maximum atomic E-state index is 13.2. The molecular weight excluding hydrogens is 337 g/mol. The summed E-state index contributed by atoms with van der Waals surface area (Å²) < 4.78 is 25.2. The highest BCUT2D eigenvalue weighted by Gasteiger charge is 2.20. The standard InChI is InChI=1S/C16H15BrFNO2/c1-9-6-10(18)2-3-11(9)16(19)12-7-14-15(8-13(12)17)21-5-4-20-14/h2-3,6-8,16H,4-5,19H2,1H3. The minimum absolute atomic E-state index is 0.260. The van der Waals surface area contributed by atoms with Crippen LogP contribution >= 0.6 is 15.9 Å². The number of hydrogen-bond acceptors (Lipinski definition) is 3. The molecule has 1 atom stereocenters. The van der Waals surface area contributed by atoms with Crippen molar-refractivity contribution in [3.8, 4) is 11.5 Å². The molecule has 2 N–H and O–H groups in total. The second kappa shape index (κ2) is 5.66. The zero-order valence-electron chi connectivity index (χ0n) is 11.5. The summed E-state index contributed by atoms with van der Waals surface area (Å²) in [5.74, 6) is 1.14. The second-order valence-electron chi connectivity index (χ2n) is 5.00. The normalized spacial score (nSPS) is 14.9. The first-order chi connectivity index (χ1) is 10.1. The van der Waals surface area contributed by atoms with Gasteiger partial charge in [0, 0.05) is 4.47 Å². The Morgan fingerprint density at radius 2 is 1.76 bits per heavy atom. The van der Waals surface area contributed by atoms with Gasteiger partial charge in [-0.15, -0.1) is 0 Å². The maximum Gasteiger partial charge on any atom is 0.162 e. The second-order valence-corrected chi connectivity index (χ2v) is 5.85. The molecule has 0 saturated heterocycles. The molecule has 0 fully saturated rings. The fraction of sp³-hybridized carbons (Fsp3) is 0.250. The SMILES string of the molecule is Cc1cc(F)ccc1C(N)c1cc2c(cc1Br)OCCO2. The Bertz CT molecular complexity index is 690. The zero-order valence-corrected chi connectivity index (χ0v) is 13.1. The molecular formula is C16H15BrFNO2. The predicted molar refractivity (Wildman–Crippen MR) is 82.3 cm³/mol. The smallest absolute Gasteiger partial charge is 0.162 e. The number of ether oxygens (including phenoxy) is 2. The van der Waals surface area contributed by atoms with Crippen LogP contribution in [0.2, 0.25) is 0 Å². The lowest BCUT2D eigenvalue weighted by Crippen LogP contribution is -2.18. The van der Waals surface area contributed by atoms with Gasteiger partial charge in [-0.25, -0.2) is 4.39 Å². The molecule has 1 heterocycles. The van der Waals surface area contributed by atoms with E-state index >= 15 is 0 Å². The summed E-state index contributed by atoms with van der Waals surface area (Å²) in [6, 6.07) is 8.01. The molecule has 0 amide bonds. The number of hydrogen-bond donors (Lipinski definition) is 1. The molecule has 0 aromatic heterocycles. The lowest BCUT2D eigenvalue weighted by molar-refractivity contribution is 0.171. The van der Waals surface area contributed by atoms with Gasteiger partial charge >= 0.3 is 0 Å². The summed E-state index contributed by atoms with van der Waals surface area (Å²) in [5.41, 5.74) is 8.94. The van der Waals surface area contributed by atoms with E-state index in [2.05, 4.69) is 15.9 Å². The molecule has 0 bridgehead atoms. The molecule has 1 aliphatic rings. The van der Waals surface area contributed by atoms with Crippen molar-refractivity contribution in [3.05, 3.63) is 57.3 Å². The van der Waals surface area contributed by atoms with Crippen LogP contribution in [0.25, 0.3) is 0 Å². The number of fused-ring (bicyclic) bond motifs is 1. The van der Waals surface area contributed by atoms with E-state index in [1.165, 1.54) is 12.1 Å². The minimum Gasteiger partial charge on any atom is -0.486 e. The third kappa shape index (κ3) is 2.76. The maximum absolute atomic E-state index is 13.2. The molecule has 2 aromatic carbocycles. The Balaban J connectivity index is 2.03. The van der Waals surface area contributed by atoms with Crippen LogP contribution < -0.4 is 15.2 Å². The Morgan fingerprint density at radius 1 is 1.10 bits per heavy atom. The van der Waals surface area contributed by atoms with Crippen molar-refractivity contribution in [1.82, 2.24) is 0 Å². The van der Waals surface area contributed by atoms with Crippen molar-refractivity contribution in [2.45, 2.75) is 13.0 Å². The van der Waals surface area contributed by atoms with Gasteiger partial charge in [0.2, 0.25) is 0 Å². The van der Waals surface area contributed by atoms with Crippen molar-refractivity contribution in [2.75, 3.05) is 13.2 Å². The third-order valence-corrected chi connectivity index (χ3v) is 4.25. The summed E-state index contributed by atoms with van der Waals surface area (Å²) in [6.45, 7) is 2.92. The van der Waals surface area contributed by atoms with Crippen LogP contribution in [-0.4, -0.2) is 13.2 Å². The molecule has 0 aliphatic carbocycles. The van der Waals surface area contributed by atoms with E-state index in [-0.39, 0.29) is 11.9 Å². The molecule has 110 valence electrons. The van der Waals surface area contributed by atoms with E-state index in [0.29, 0.717) is 24.7 Å². The van der Waals surface area contributed by atoms with Crippen molar-refractivity contribution in [1.29, 1.82) is 0 Å². The summed E-state index contributed by atoms with van der Waals surface area (Å²) in [5, 5.41) is 0. The van der Waals surface area contributed by atoms with Crippen LogP contribution in [0.3, 0.4) is 0 Å². The number of aryl methyl sites for hydroxylation is 1. The van der Waals surface area contributed by atoms with Crippen molar-refractivity contribution >= 4 is 15.9 Å². The summed E-state index contributed by atoms with van der Waals surface area (Å²) >= 11 is 3.52. The van der Waals surface area contributed by atoms with Crippen molar-refractivity contribution in [3.63, 3.8) is 0 Å². The summed E-state index contributed by atoms with van der Waals surface area (Å²) in [7, 11) is 0. The summed E-state index contributed by atoms with van der Waals surface area (Å²) in [4.78, 5) is 0. The number of halogens is 2. The van der Waals surface area contributed by atoms with Crippen LogP contribution in [0, 0.1) is 12.7 Å². The Morgan fingerprint density at radius 3 is 2.43 bits per heavy atom. The predicted octanol–water partition coefficient (Wildman–Crippen LogP) is 3.72. The molecule has 5 heteroatoms. The van der Waals surface area contributed by atoms with E-state index in [0.717, 1.165) is 21.2 Å². The first-order valence-electron chi connectivity index (χ1n) is 6.67. The van der Waals surface area contributed by atoms with E-state index in [4.69, 9.17) is 15.2 Å². The molecule has 1 aliphatic heterocycles. The summed E-state index contributed by atoms with van der Waals surface area (Å²) in [6.07, 6.45) is 0. The van der Waals surface area contributed by atoms with Gasteiger partial charge in [0.05, 0.1) is 6.04 Å². The molecule has 1 unspecified atom stereocenters. The molecule has 0 radical (unpaired) electrons. The lowest BCUT2D eigenvalue weighted by Gasteiger charge is -2.22. The quantitative estimate of drug-likeness (QED) is 0.896. The lowest BCUT2D eigenvalue weighted by atomic mass is 9.95. The highest BCUT2D eigenvalue weighted by atomic mass is 79.9. The van der Waals surface area contributed by atoms with Gasteiger partial charge in [-0.05, 0) is 47.9 Å². The molecule has 21 heavy (non-hydrogen) atoms. The topological polar surface area (TPSA) is 44.5 Å². The van der Waals surface area contributed by atoms with Crippen LogP contribution in [0.15, 0.2) is 34.8 Å². The van der Waals surface area contributed by atoms with Gasteiger partial charge in [-0.2, -0.15) is 0 Å². The number of rotatable bonds is 2. The number of benzene rings is 2. The first-order valence-corrected chi connectivity index (χ1v) is 7.46. The zero-order chi connectivity index (χ0) is 15.0. The molecule has 3 rings (SSSR count). The van der Waals surface area contributed by atoms with Gasteiger partial charge in [0.15, 0.2) is 11.5 Å². The fourth-order valence-corrected chi connectivity index (χ4v) is 3.04. The van der Waals surface area contributed by atoms with Crippen LogP contribution in [0.4, 0.5) is 4.39 Å². The molecule has 2 aromatic rings. The third-order valence-electron chi connectivity index (χ3n) is 3.56. The van der Waals surface area contributed by atoms with Crippen LogP contribution in [0.5, 0.6) is 11.5 Å². The Hall–Kier alpha value is -1.59. The van der Waals surface area contributed by atoms with Crippen LogP contribution in [0.1, 0.15) is 22.7 Å². The highest BCUT2D eigenvalue weighted by molar-refractivity contribution is 9.10. The van der Waals surface area contributed by atoms with Gasteiger partial charge in [-0.1, -0.05) is 22.0 Å². The van der Waals surface area contributed by atoms with E-state index in [1.807, 2.05) is 19.1 Å². The Kier molecular flexibility index (Phi) is 3.87. The highest BCUT2D eigenvalue weighted by Crippen LogP contribution is 2.39. The molecule has 3 nitrogen and oxygen atoms in total. The average molecular weight is 352 g/mol. The van der Waals surface area contributed by atoms with Gasteiger partial charge in [-0.3, -0.25) is 0 Å². The van der Waals surface area contributed by atoms with E-state index in [9.17, 15) is 4.39 Å². The largest absolute Gasteiger partial charge is 0.486 e. The fourth-order valence-electron chi connectivity index (χ4n) is 2.47. The average Bonchev–Trinajstić information content (AvgIpc) is 2.46. The molecule has 0 spiro atoms. The molecule has 0 saturated carbocycles. The monoisotopic (exact) mass is 351 g/mol. The van der Waals surface area contributed by atoms with E-state index < -0.39 is 0 Å². The van der Waals surface area contributed by atoms with Gasteiger partial charge in [0.25, 0.3) is 0 Å². The van der Waals surface area contributed by atoms with Crippen molar-refractivity contribution < 1.29 is 13.9 Å². The first kappa shape index (κ1) is 14.4. The van der Waals surface area contributed by atoms with Gasteiger partial charge in [0.1, 0.15) is 19.0 Å². The van der Waals surface area contributed by atoms with Crippen LogP contribution in [-0.2, 0) is 0 Å². The van der Waals surface area contributed by atoms with Gasteiger partial charge < -0.3 is 15.2 Å². The van der Waals surface area contributed by atoms with E-state index in [1.54, 1.807) is 6.07 Å². The number of nitrogens with two attached hydrogens (primary N) is 1.